The van der Waals surface area contributed by atoms with Gasteiger partial charge in [-0.05, 0) is 62.4 Å². The van der Waals surface area contributed by atoms with Gasteiger partial charge in [0.2, 0.25) is 0 Å². The van der Waals surface area contributed by atoms with E-state index in [1.54, 1.807) is 30.5 Å². The Kier molecular flexibility index (Phi) is 4.99. The average Bonchev–Trinajstić information content (AvgIpc) is 3.13. The van der Waals surface area contributed by atoms with Crippen molar-refractivity contribution in [2.45, 2.75) is 20.0 Å². The monoisotopic (exact) mass is 337 g/mol. The highest BCUT2D eigenvalue weighted by atomic mass is 16.5. The third-order valence-corrected chi connectivity index (χ3v) is 3.26. The predicted octanol–water partition coefficient (Wildman–Crippen LogP) is 4.46. The molecule has 2 N–H and O–H groups in total. The number of benzene rings is 1. The van der Waals surface area contributed by atoms with E-state index in [1.807, 2.05) is 38.1 Å². The number of furan rings is 1. The largest absolute Gasteiger partial charge is 0.491 e. The van der Waals surface area contributed by atoms with Crippen LogP contribution >= 0.6 is 0 Å². The summed E-state index contributed by atoms with van der Waals surface area (Å²) in [4.78, 5) is 16.2. The first-order valence-electron chi connectivity index (χ1n) is 7.95. The average molecular weight is 337 g/mol. The van der Waals surface area contributed by atoms with Gasteiger partial charge in [0.25, 0.3) is 5.91 Å². The zero-order chi connectivity index (χ0) is 17.6. The lowest BCUT2D eigenvalue weighted by molar-refractivity contribution is 0.0996. The van der Waals surface area contributed by atoms with E-state index in [0.717, 1.165) is 11.4 Å². The fourth-order valence-corrected chi connectivity index (χ4v) is 2.18. The van der Waals surface area contributed by atoms with Crippen molar-refractivity contribution in [3.8, 4) is 5.75 Å². The number of carbonyl (C=O) groups excluding carboxylic acids is 1. The minimum Gasteiger partial charge on any atom is -0.491 e. The Labute approximate surface area is 145 Å². The zero-order valence-corrected chi connectivity index (χ0v) is 14.0. The summed E-state index contributed by atoms with van der Waals surface area (Å²) in [5, 5.41) is 5.92. The molecule has 0 saturated heterocycles. The minimum atomic E-state index is -0.312. The summed E-state index contributed by atoms with van der Waals surface area (Å²) in [7, 11) is 0. The molecule has 0 radical (unpaired) electrons. The van der Waals surface area contributed by atoms with Crippen LogP contribution in [0.3, 0.4) is 0 Å². The molecule has 1 amide bonds. The summed E-state index contributed by atoms with van der Waals surface area (Å²) in [5.74, 6) is 1.44. The molecule has 25 heavy (non-hydrogen) atoms. The lowest BCUT2D eigenvalue weighted by Gasteiger charge is -2.11. The summed E-state index contributed by atoms with van der Waals surface area (Å²) in [6.07, 6.45) is 3.18. The maximum absolute atomic E-state index is 11.9. The Morgan fingerprint density at radius 2 is 1.84 bits per heavy atom. The molecule has 6 heteroatoms. The van der Waals surface area contributed by atoms with Crippen molar-refractivity contribution in [3.63, 3.8) is 0 Å². The van der Waals surface area contributed by atoms with E-state index in [9.17, 15) is 4.79 Å². The molecule has 6 nitrogen and oxygen atoms in total. The second-order valence-electron chi connectivity index (χ2n) is 5.68. The summed E-state index contributed by atoms with van der Waals surface area (Å²) in [5.41, 5.74) is 1.49. The number of anilines is 3. The first kappa shape index (κ1) is 16.6. The van der Waals surface area contributed by atoms with E-state index in [1.165, 1.54) is 6.26 Å². The Balaban J connectivity index is 1.59. The van der Waals surface area contributed by atoms with Gasteiger partial charge in [-0.3, -0.25) is 4.79 Å². The van der Waals surface area contributed by atoms with Crippen LogP contribution in [0.15, 0.2) is 65.4 Å². The number of nitrogens with zero attached hydrogens (tertiary/aromatic N) is 1. The highest BCUT2D eigenvalue weighted by Gasteiger charge is 2.08. The third kappa shape index (κ3) is 4.60. The standard InChI is InChI=1S/C19H19N3O3/c1-13(2)25-16-8-5-14(6-9-16)21-18-10-7-15(12-20-18)22-19(23)17-4-3-11-24-17/h3-13H,1-2H3,(H,20,21)(H,22,23). The molecule has 0 unspecified atom stereocenters. The van der Waals surface area contributed by atoms with Crippen molar-refractivity contribution in [2.75, 3.05) is 10.6 Å². The van der Waals surface area contributed by atoms with Gasteiger partial charge in [-0.25, -0.2) is 4.98 Å². The summed E-state index contributed by atoms with van der Waals surface area (Å²) < 4.78 is 10.7. The third-order valence-electron chi connectivity index (χ3n) is 3.26. The van der Waals surface area contributed by atoms with Crippen LogP contribution in [0.4, 0.5) is 17.2 Å². The molecule has 0 aliphatic heterocycles. The van der Waals surface area contributed by atoms with Crippen molar-refractivity contribution in [3.05, 3.63) is 66.8 Å². The molecular formula is C19H19N3O3. The number of hydrogen-bond acceptors (Lipinski definition) is 5. The molecule has 0 bridgehead atoms. The predicted molar refractivity (Wildman–Crippen MR) is 96.4 cm³/mol. The van der Waals surface area contributed by atoms with Crippen LogP contribution < -0.4 is 15.4 Å². The molecule has 1 aromatic carbocycles. The number of nitrogens with one attached hydrogen (secondary N) is 2. The van der Waals surface area contributed by atoms with Gasteiger partial charge >= 0.3 is 0 Å². The van der Waals surface area contributed by atoms with Gasteiger partial charge in [-0.15, -0.1) is 0 Å². The molecule has 0 aliphatic carbocycles. The minimum absolute atomic E-state index is 0.143. The molecule has 2 aromatic heterocycles. The number of carbonyl (C=O) groups is 1. The van der Waals surface area contributed by atoms with Gasteiger partial charge in [0, 0.05) is 5.69 Å². The normalized spacial score (nSPS) is 10.5. The first-order valence-corrected chi connectivity index (χ1v) is 7.95. The van der Waals surface area contributed by atoms with E-state index < -0.39 is 0 Å². The lowest BCUT2D eigenvalue weighted by atomic mass is 10.3. The molecule has 3 aromatic rings. The van der Waals surface area contributed by atoms with Crippen molar-refractivity contribution in [2.24, 2.45) is 0 Å². The van der Waals surface area contributed by atoms with Crippen LogP contribution in [0.25, 0.3) is 0 Å². The Bertz CT molecular complexity index is 810. The first-order chi connectivity index (χ1) is 12.1. The molecule has 0 atom stereocenters. The SMILES string of the molecule is CC(C)Oc1ccc(Nc2ccc(NC(=O)c3ccco3)cn2)cc1. The molecule has 0 aliphatic rings. The lowest BCUT2D eigenvalue weighted by Crippen LogP contribution is -2.11. The number of amides is 1. The Hall–Kier alpha value is -3.28. The van der Waals surface area contributed by atoms with Crippen molar-refractivity contribution in [1.82, 2.24) is 4.98 Å². The molecule has 3 rings (SSSR count). The van der Waals surface area contributed by atoms with Crippen LogP contribution in [-0.4, -0.2) is 17.0 Å². The van der Waals surface area contributed by atoms with Crippen molar-refractivity contribution >= 4 is 23.1 Å². The van der Waals surface area contributed by atoms with Gasteiger partial charge in [0.15, 0.2) is 5.76 Å². The van der Waals surface area contributed by atoms with Crippen molar-refractivity contribution in [1.29, 1.82) is 0 Å². The van der Waals surface area contributed by atoms with Crippen LogP contribution in [0.2, 0.25) is 0 Å². The van der Waals surface area contributed by atoms with Crippen LogP contribution in [0, 0.1) is 0 Å². The number of hydrogen-bond donors (Lipinski definition) is 2. The van der Waals surface area contributed by atoms with Gasteiger partial charge in [-0.2, -0.15) is 0 Å². The fourth-order valence-electron chi connectivity index (χ4n) is 2.18. The summed E-state index contributed by atoms with van der Waals surface area (Å²) in [6, 6.07) is 14.5. The molecular weight excluding hydrogens is 318 g/mol. The van der Waals surface area contributed by atoms with Crippen LogP contribution in [0.1, 0.15) is 24.4 Å². The molecule has 0 fully saturated rings. The molecule has 0 saturated carbocycles. The van der Waals surface area contributed by atoms with E-state index in [2.05, 4.69) is 15.6 Å². The maximum Gasteiger partial charge on any atom is 0.291 e. The number of rotatable bonds is 6. The number of pyridine rings is 1. The fraction of sp³-hybridized carbons (Fsp3) is 0.158. The van der Waals surface area contributed by atoms with Gasteiger partial charge in [0.05, 0.1) is 24.3 Å². The van der Waals surface area contributed by atoms with E-state index in [0.29, 0.717) is 11.5 Å². The van der Waals surface area contributed by atoms with Gasteiger partial charge in [-0.1, -0.05) is 0 Å². The topological polar surface area (TPSA) is 76.4 Å². The highest BCUT2D eigenvalue weighted by molar-refractivity contribution is 6.02. The van der Waals surface area contributed by atoms with E-state index in [-0.39, 0.29) is 17.8 Å². The summed E-state index contributed by atoms with van der Waals surface area (Å²) >= 11 is 0. The number of aromatic nitrogens is 1. The second kappa shape index (κ2) is 7.53. The Morgan fingerprint density at radius 3 is 2.44 bits per heavy atom. The zero-order valence-electron chi connectivity index (χ0n) is 14.0. The smallest absolute Gasteiger partial charge is 0.291 e. The van der Waals surface area contributed by atoms with E-state index >= 15 is 0 Å². The molecule has 128 valence electrons. The molecule has 2 heterocycles. The summed E-state index contributed by atoms with van der Waals surface area (Å²) in [6.45, 7) is 3.98. The van der Waals surface area contributed by atoms with Crippen molar-refractivity contribution < 1.29 is 13.9 Å². The quantitative estimate of drug-likeness (QED) is 0.694. The number of ether oxygens (including phenoxy) is 1. The molecule has 0 spiro atoms. The second-order valence-corrected chi connectivity index (χ2v) is 5.68. The van der Waals surface area contributed by atoms with Crippen LogP contribution in [-0.2, 0) is 0 Å². The van der Waals surface area contributed by atoms with Gasteiger partial charge in [0.1, 0.15) is 11.6 Å². The Morgan fingerprint density at radius 1 is 1.08 bits per heavy atom. The maximum atomic E-state index is 11.9. The van der Waals surface area contributed by atoms with Crippen LogP contribution in [0.5, 0.6) is 5.75 Å². The van der Waals surface area contributed by atoms with E-state index in [4.69, 9.17) is 9.15 Å². The highest BCUT2D eigenvalue weighted by Crippen LogP contribution is 2.20. The van der Waals surface area contributed by atoms with Gasteiger partial charge < -0.3 is 19.8 Å².